The van der Waals surface area contributed by atoms with Crippen LogP contribution < -0.4 is 4.90 Å². The second-order valence-corrected chi connectivity index (χ2v) is 4.38. The highest BCUT2D eigenvalue weighted by Crippen LogP contribution is 2.27. The van der Waals surface area contributed by atoms with Gasteiger partial charge in [0.2, 0.25) is 0 Å². The lowest BCUT2D eigenvalue weighted by molar-refractivity contribution is 0.198. The van der Waals surface area contributed by atoms with Crippen molar-refractivity contribution in [1.82, 2.24) is 0 Å². The van der Waals surface area contributed by atoms with Gasteiger partial charge < -0.3 is 15.1 Å². The number of nitrogens with zero attached hydrogens (tertiary/aromatic N) is 1. The minimum atomic E-state index is -0.475. The van der Waals surface area contributed by atoms with Crippen LogP contribution in [-0.2, 0) is 0 Å². The van der Waals surface area contributed by atoms with Crippen molar-refractivity contribution in [3.63, 3.8) is 0 Å². The molecule has 1 aromatic carbocycles. The molecule has 0 bridgehead atoms. The van der Waals surface area contributed by atoms with E-state index in [1.807, 2.05) is 30.1 Å². The van der Waals surface area contributed by atoms with E-state index < -0.39 is 6.10 Å². The van der Waals surface area contributed by atoms with Crippen LogP contribution in [0.5, 0.6) is 0 Å². The van der Waals surface area contributed by atoms with E-state index in [4.69, 9.17) is 5.11 Å². The van der Waals surface area contributed by atoms with Gasteiger partial charge in [-0.1, -0.05) is 22.0 Å². The average molecular weight is 274 g/mol. The van der Waals surface area contributed by atoms with Crippen molar-refractivity contribution < 1.29 is 10.2 Å². The average Bonchev–Trinajstić information content (AvgIpc) is 2.17. The van der Waals surface area contributed by atoms with Gasteiger partial charge in [-0.05, 0) is 24.6 Å². The summed E-state index contributed by atoms with van der Waals surface area (Å²) in [7, 11) is 1.92. The zero-order chi connectivity index (χ0) is 11.4. The van der Waals surface area contributed by atoms with Crippen LogP contribution in [-0.4, -0.2) is 30.4 Å². The van der Waals surface area contributed by atoms with Crippen LogP contribution in [0, 0.1) is 0 Å². The highest BCUT2D eigenvalue weighted by Gasteiger charge is 2.08. The fraction of sp³-hybridized carbons (Fsp3) is 0.455. The fourth-order valence-electron chi connectivity index (χ4n) is 1.37. The van der Waals surface area contributed by atoms with Crippen LogP contribution in [0.1, 0.15) is 18.6 Å². The number of halogens is 1. The maximum atomic E-state index is 9.45. The second kappa shape index (κ2) is 5.49. The molecule has 84 valence electrons. The van der Waals surface area contributed by atoms with E-state index in [-0.39, 0.29) is 6.61 Å². The predicted molar refractivity (Wildman–Crippen MR) is 65.1 cm³/mol. The number of benzene rings is 1. The van der Waals surface area contributed by atoms with Gasteiger partial charge in [0.15, 0.2) is 0 Å². The van der Waals surface area contributed by atoms with Crippen molar-refractivity contribution in [3.8, 4) is 0 Å². The third-order valence-electron chi connectivity index (χ3n) is 2.31. The van der Waals surface area contributed by atoms with Gasteiger partial charge in [-0.3, -0.25) is 0 Å². The third kappa shape index (κ3) is 3.19. The molecule has 2 N–H and O–H groups in total. The highest BCUT2D eigenvalue weighted by molar-refractivity contribution is 9.10. The molecule has 4 heteroatoms. The molecule has 0 saturated heterocycles. The quantitative estimate of drug-likeness (QED) is 0.881. The van der Waals surface area contributed by atoms with Gasteiger partial charge in [0.05, 0.1) is 12.7 Å². The molecule has 0 aliphatic heterocycles. The molecular weight excluding hydrogens is 258 g/mol. The van der Waals surface area contributed by atoms with Gasteiger partial charge in [-0.15, -0.1) is 0 Å². The van der Waals surface area contributed by atoms with E-state index in [1.165, 1.54) is 0 Å². The number of rotatable bonds is 4. The molecule has 0 amide bonds. The van der Waals surface area contributed by atoms with Crippen LogP contribution in [0.3, 0.4) is 0 Å². The summed E-state index contributed by atoms with van der Waals surface area (Å²) in [6.45, 7) is 2.46. The van der Waals surface area contributed by atoms with E-state index in [9.17, 15) is 5.11 Å². The van der Waals surface area contributed by atoms with Gasteiger partial charge in [0.1, 0.15) is 0 Å². The van der Waals surface area contributed by atoms with Crippen molar-refractivity contribution in [2.24, 2.45) is 0 Å². The zero-order valence-electron chi connectivity index (χ0n) is 8.94. The smallest absolute Gasteiger partial charge is 0.0772 e. The maximum absolute atomic E-state index is 9.45. The second-order valence-electron chi connectivity index (χ2n) is 3.53. The predicted octanol–water partition coefficient (Wildman–Crippen LogP) is 1.93. The van der Waals surface area contributed by atoms with Crippen molar-refractivity contribution in [2.75, 3.05) is 25.1 Å². The molecule has 3 nitrogen and oxygen atoms in total. The summed E-state index contributed by atoms with van der Waals surface area (Å²) in [5, 5.41) is 18.3. The van der Waals surface area contributed by atoms with E-state index >= 15 is 0 Å². The first-order chi connectivity index (χ1) is 7.06. The Morgan fingerprint density at radius 3 is 2.60 bits per heavy atom. The van der Waals surface area contributed by atoms with Gasteiger partial charge in [0.25, 0.3) is 0 Å². The number of aliphatic hydroxyl groups excluding tert-OH is 2. The number of hydrogen-bond acceptors (Lipinski definition) is 3. The molecule has 1 rings (SSSR count). The lowest BCUT2D eigenvalue weighted by Crippen LogP contribution is -2.21. The molecule has 0 heterocycles. The Kier molecular flexibility index (Phi) is 4.57. The first-order valence-electron chi connectivity index (χ1n) is 4.85. The summed E-state index contributed by atoms with van der Waals surface area (Å²) in [5.41, 5.74) is 1.89. The standard InChI is InChI=1S/C11H16BrNO2/c1-8(15)10-4-3-9(7-11(10)12)13(2)5-6-14/h3-4,7-8,14-15H,5-6H2,1-2H3/t8-/m0/s1. The Labute approximate surface area is 98.5 Å². The van der Waals surface area contributed by atoms with Crippen LogP contribution in [0.2, 0.25) is 0 Å². The largest absolute Gasteiger partial charge is 0.395 e. The summed E-state index contributed by atoms with van der Waals surface area (Å²) >= 11 is 3.42. The number of aliphatic hydroxyl groups is 2. The summed E-state index contributed by atoms with van der Waals surface area (Å²) < 4.78 is 0.889. The molecule has 0 radical (unpaired) electrons. The molecule has 0 saturated carbocycles. The molecule has 0 spiro atoms. The monoisotopic (exact) mass is 273 g/mol. The molecule has 0 aliphatic carbocycles. The summed E-state index contributed by atoms with van der Waals surface area (Å²) in [6, 6.07) is 5.76. The van der Waals surface area contributed by atoms with Gasteiger partial charge in [-0.25, -0.2) is 0 Å². The van der Waals surface area contributed by atoms with E-state index in [0.29, 0.717) is 6.54 Å². The summed E-state index contributed by atoms with van der Waals surface area (Å²) in [6.07, 6.45) is -0.475. The van der Waals surface area contributed by atoms with Crippen molar-refractivity contribution in [2.45, 2.75) is 13.0 Å². The van der Waals surface area contributed by atoms with E-state index in [0.717, 1.165) is 15.7 Å². The van der Waals surface area contributed by atoms with Crippen molar-refractivity contribution in [1.29, 1.82) is 0 Å². The number of anilines is 1. The molecular formula is C11H16BrNO2. The molecule has 1 aromatic rings. The van der Waals surface area contributed by atoms with Gasteiger partial charge in [0, 0.05) is 23.8 Å². The molecule has 15 heavy (non-hydrogen) atoms. The zero-order valence-corrected chi connectivity index (χ0v) is 10.5. The summed E-state index contributed by atoms with van der Waals surface area (Å²) in [5.74, 6) is 0. The first kappa shape index (κ1) is 12.5. The lowest BCUT2D eigenvalue weighted by Gasteiger charge is -2.19. The minimum absolute atomic E-state index is 0.131. The van der Waals surface area contributed by atoms with E-state index in [2.05, 4.69) is 15.9 Å². The third-order valence-corrected chi connectivity index (χ3v) is 3.00. The summed E-state index contributed by atoms with van der Waals surface area (Å²) in [4.78, 5) is 1.95. The minimum Gasteiger partial charge on any atom is -0.395 e. The Balaban J connectivity index is 2.91. The number of likely N-dealkylation sites (N-methyl/N-ethyl adjacent to an activating group) is 1. The van der Waals surface area contributed by atoms with Crippen LogP contribution >= 0.6 is 15.9 Å². The maximum Gasteiger partial charge on any atom is 0.0772 e. The molecule has 0 aliphatic rings. The van der Waals surface area contributed by atoms with Gasteiger partial charge >= 0.3 is 0 Å². The topological polar surface area (TPSA) is 43.7 Å². The Morgan fingerprint density at radius 1 is 1.47 bits per heavy atom. The highest BCUT2D eigenvalue weighted by atomic mass is 79.9. The molecule has 1 atom stereocenters. The molecule has 0 fully saturated rings. The lowest BCUT2D eigenvalue weighted by atomic mass is 10.1. The van der Waals surface area contributed by atoms with Crippen LogP contribution in [0.25, 0.3) is 0 Å². The van der Waals surface area contributed by atoms with Crippen molar-refractivity contribution >= 4 is 21.6 Å². The van der Waals surface area contributed by atoms with Crippen LogP contribution in [0.4, 0.5) is 5.69 Å². The fourth-order valence-corrected chi connectivity index (χ4v) is 2.07. The molecule has 0 aromatic heterocycles. The van der Waals surface area contributed by atoms with E-state index in [1.54, 1.807) is 6.92 Å². The molecule has 0 unspecified atom stereocenters. The Bertz CT molecular complexity index is 328. The SMILES string of the molecule is C[C@H](O)c1ccc(N(C)CCO)cc1Br. The number of hydrogen-bond donors (Lipinski definition) is 2. The van der Waals surface area contributed by atoms with Crippen molar-refractivity contribution in [3.05, 3.63) is 28.2 Å². The normalized spacial score (nSPS) is 12.6. The van der Waals surface area contributed by atoms with Gasteiger partial charge in [-0.2, -0.15) is 0 Å². The Morgan fingerprint density at radius 2 is 2.13 bits per heavy atom. The Hall–Kier alpha value is -0.580. The first-order valence-corrected chi connectivity index (χ1v) is 5.65. The van der Waals surface area contributed by atoms with Crippen LogP contribution in [0.15, 0.2) is 22.7 Å².